The zero-order valence-electron chi connectivity index (χ0n) is 10.6. The average molecular weight is 277 g/mol. The van der Waals surface area contributed by atoms with Crippen molar-refractivity contribution in [3.05, 3.63) is 0 Å². The van der Waals surface area contributed by atoms with Crippen molar-refractivity contribution in [1.82, 2.24) is 4.90 Å². The molecule has 0 aromatic carbocycles. The fraction of sp³-hybridized carbons (Fsp3) is 0.818. The van der Waals surface area contributed by atoms with E-state index >= 15 is 0 Å². The van der Waals surface area contributed by atoms with E-state index in [9.17, 15) is 18.0 Å². The van der Waals surface area contributed by atoms with E-state index in [1.807, 2.05) is 13.8 Å². The average Bonchev–Trinajstić information content (AvgIpc) is 2.13. The topological polar surface area (TPSA) is 91.8 Å². The van der Waals surface area contributed by atoms with Gasteiger partial charge in [-0.15, -0.1) is 0 Å². The number of hydrogen-bond acceptors (Lipinski definition) is 4. The zero-order chi connectivity index (χ0) is 13.9. The summed E-state index contributed by atoms with van der Waals surface area (Å²) in [5.74, 6) is -1.40. The molecule has 0 saturated carbocycles. The maximum atomic E-state index is 11.9. The van der Waals surface area contributed by atoms with Gasteiger partial charge in [-0.25, -0.2) is 8.42 Å². The quantitative estimate of drug-likeness (QED) is 0.788. The van der Waals surface area contributed by atoms with Crippen LogP contribution in [0.2, 0.25) is 0 Å². The Morgan fingerprint density at radius 3 is 2.50 bits per heavy atom. The summed E-state index contributed by atoms with van der Waals surface area (Å²) in [5.41, 5.74) is 0. The summed E-state index contributed by atoms with van der Waals surface area (Å²) in [6.07, 6.45) is -0.000762. The Bertz CT molecular complexity index is 429. The molecule has 0 aromatic rings. The van der Waals surface area contributed by atoms with Gasteiger partial charge >= 0.3 is 5.97 Å². The highest BCUT2D eigenvalue weighted by molar-refractivity contribution is 7.91. The van der Waals surface area contributed by atoms with Crippen molar-refractivity contribution in [1.29, 1.82) is 0 Å². The van der Waals surface area contributed by atoms with Gasteiger partial charge in [0.2, 0.25) is 5.91 Å². The summed E-state index contributed by atoms with van der Waals surface area (Å²) in [5, 5.41) is 8.78. The highest BCUT2D eigenvalue weighted by Crippen LogP contribution is 2.17. The molecule has 1 atom stereocenters. The lowest BCUT2D eigenvalue weighted by molar-refractivity contribution is -0.140. The van der Waals surface area contributed by atoms with Crippen LogP contribution in [-0.2, 0) is 19.4 Å². The summed E-state index contributed by atoms with van der Waals surface area (Å²) < 4.78 is 23.0. The first-order chi connectivity index (χ1) is 8.21. The molecule has 1 aliphatic rings. The number of sulfone groups is 1. The molecule has 1 saturated heterocycles. The summed E-state index contributed by atoms with van der Waals surface area (Å²) >= 11 is 0. The van der Waals surface area contributed by atoms with Crippen molar-refractivity contribution in [2.75, 3.05) is 18.1 Å². The van der Waals surface area contributed by atoms with Crippen LogP contribution in [0.25, 0.3) is 0 Å². The van der Waals surface area contributed by atoms with Gasteiger partial charge in [0.15, 0.2) is 9.84 Å². The van der Waals surface area contributed by atoms with Gasteiger partial charge < -0.3 is 10.0 Å². The predicted octanol–water partition coefficient (Wildman–Crippen LogP) is 0.133. The van der Waals surface area contributed by atoms with Crippen molar-refractivity contribution >= 4 is 21.7 Å². The summed E-state index contributed by atoms with van der Waals surface area (Å²) in [7, 11) is -3.23. The minimum Gasteiger partial charge on any atom is -0.481 e. The number of hydrogen-bond donors (Lipinski definition) is 1. The fourth-order valence-corrected chi connectivity index (χ4v) is 3.58. The van der Waals surface area contributed by atoms with Gasteiger partial charge in [0.1, 0.15) is 0 Å². The first-order valence-electron chi connectivity index (χ1n) is 5.93. The number of carboxylic acids is 1. The second-order valence-corrected chi connectivity index (χ2v) is 7.28. The first-order valence-corrected chi connectivity index (χ1v) is 7.75. The fourth-order valence-electron chi connectivity index (χ4n) is 2.05. The number of nitrogens with zero attached hydrogens (tertiary/aromatic N) is 1. The van der Waals surface area contributed by atoms with Crippen LogP contribution in [0.1, 0.15) is 26.7 Å². The van der Waals surface area contributed by atoms with Gasteiger partial charge in [-0.05, 0) is 5.92 Å². The van der Waals surface area contributed by atoms with E-state index in [1.165, 1.54) is 4.90 Å². The molecule has 0 radical (unpaired) electrons. The van der Waals surface area contributed by atoms with E-state index in [-0.39, 0.29) is 36.3 Å². The van der Waals surface area contributed by atoms with Crippen molar-refractivity contribution in [2.45, 2.75) is 32.7 Å². The lowest BCUT2D eigenvalue weighted by Gasteiger charge is -2.35. The molecule has 1 heterocycles. The maximum absolute atomic E-state index is 11.9. The Labute approximate surface area is 107 Å². The number of amides is 1. The largest absolute Gasteiger partial charge is 0.481 e. The molecule has 7 heteroatoms. The van der Waals surface area contributed by atoms with Crippen LogP contribution < -0.4 is 0 Å². The molecule has 104 valence electrons. The van der Waals surface area contributed by atoms with Gasteiger partial charge in [0.05, 0.1) is 24.0 Å². The van der Waals surface area contributed by atoms with E-state index in [0.717, 1.165) is 0 Å². The standard InChI is InChI=1S/C11H19NO5S/c1-8(2)5-10(13)12-3-4-18(16,17)7-9(12)6-11(14)15/h8-9H,3-7H2,1-2H3,(H,14,15). The predicted molar refractivity (Wildman–Crippen MR) is 65.9 cm³/mol. The molecule has 1 aliphatic heterocycles. The summed E-state index contributed by atoms with van der Waals surface area (Å²) in [6.45, 7) is 3.89. The van der Waals surface area contributed by atoms with E-state index in [1.54, 1.807) is 0 Å². The molecule has 0 bridgehead atoms. The van der Waals surface area contributed by atoms with Crippen LogP contribution >= 0.6 is 0 Å². The Balaban J connectivity index is 2.81. The molecule has 1 fully saturated rings. The second kappa shape index (κ2) is 5.69. The van der Waals surface area contributed by atoms with Crippen LogP contribution in [0.4, 0.5) is 0 Å². The van der Waals surface area contributed by atoms with Crippen LogP contribution in [0.5, 0.6) is 0 Å². The second-order valence-electron chi connectivity index (χ2n) is 5.05. The maximum Gasteiger partial charge on any atom is 0.305 e. The smallest absolute Gasteiger partial charge is 0.305 e. The van der Waals surface area contributed by atoms with Gasteiger partial charge in [0.25, 0.3) is 0 Å². The van der Waals surface area contributed by atoms with Crippen molar-refractivity contribution < 1.29 is 23.1 Å². The van der Waals surface area contributed by atoms with E-state index in [4.69, 9.17) is 5.11 Å². The van der Waals surface area contributed by atoms with Gasteiger partial charge in [-0.3, -0.25) is 9.59 Å². The number of carboxylic acid groups (broad SMARTS) is 1. The number of carbonyl (C=O) groups is 2. The number of rotatable bonds is 4. The van der Waals surface area contributed by atoms with E-state index < -0.39 is 21.8 Å². The summed E-state index contributed by atoms with van der Waals surface area (Å²) in [6, 6.07) is -0.729. The molecule has 1 unspecified atom stereocenters. The molecule has 18 heavy (non-hydrogen) atoms. The van der Waals surface area contributed by atoms with Crippen LogP contribution in [0, 0.1) is 5.92 Å². The van der Waals surface area contributed by atoms with Crippen LogP contribution in [-0.4, -0.2) is 54.4 Å². The molecule has 0 aliphatic carbocycles. The highest BCUT2D eigenvalue weighted by atomic mass is 32.2. The molecular formula is C11H19NO5S. The van der Waals surface area contributed by atoms with Crippen LogP contribution in [0.3, 0.4) is 0 Å². The number of carbonyl (C=O) groups excluding carboxylic acids is 1. The minimum atomic E-state index is -3.23. The zero-order valence-corrected chi connectivity index (χ0v) is 11.4. The molecule has 0 spiro atoms. The summed E-state index contributed by atoms with van der Waals surface area (Å²) in [4.78, 5) is 24.1. The normalized spacial score (nSPS) is 23.1. The van der Waals surface area contributed by atoms with Crippen LogP contribution in [0.15, 0.2) is 0 Å². The van der Waals surface area contributed by atoms with Gasteiger partial charge in [0, 0.05) is 13.0 Å². The number of aliphatic carboxylic acids is 1. The van der Waals surface area contributed by atoms with Gasteiger partial charge in [-0.1, -0.05) is 13.8 Å². The molecule has 6 nitrogen and oxygen atoms in total. The lowest BCUT2D eigenvalue weighted by Crippen LogP contribution is -2.52. The van der Waals surface area contributed by atoms with Crippen molar-refractivity contribution in [3.8, 4) is 0 Å². The molecule has 0 aromatic heterocycles. The third-order valence-electron chi connectivity index (χ3n) is 2.84. The molecular weight excluding hydrogens is 258 g/mol. The Kier molecular flexibility index (Phi) is 4.72. The van der Waals surface area contributed by atoms with E-state index in [2.05, 4.69) is 0 Å². The molecule has 1 N–H and O–H groups in total. The monoisotopic (exact) mass is 277 g/mol. The lowest BCUT2D eigenvalue weighted by atomic mass is 10.1. The molecule has 1 amide bonds. The Morgan fingerprint density at radius 1 is 1.39 bits per heavy atom. The Morgan fingerprint density at radius 2 is 2.00 bits per heavy atom. The van der Waals surface area contributed by atoms with E-state index in [0.29, 0.717) is 6.42 Å². The molecule has 1 rings (SSSR count). The van der Waals surface area contributed by atoms with Gasteiger partial charge in [-0.2, -0.15) is 0 Å². The highest BCUT2D eigenvalue weighted by Gasteiger charge is 2.35. The van der Waals surface area contributed by atoms with Crippen molar-refractivity contribution in [3.63, 3.8) is 0 Å². The minimum absolute atomic E-state index is 0.0764. The third kappa shape index (κ3) is 4.29. The third-order valence-corrected chi connectivity index (χ3v) is 4.54. The SMILES string of the molecule is CC(C)CC(=O)N1CCS(=O)(=O)CC1CC(=O)O. The first kappa shape index (κ1) is 14.9. The Hall–Kier alpha value is -1.11. The van der Waals surface area contributed by atoms with Crippen molar-refractivity contribution in [2.24, 2.45) is 5.92 Å².